The third-order valence-corrected chi connectivity index (χ3v) is 5.54. The number of carbonyl (C=O) groups is 1. The van der Waals surface area contributed by atoms with E-state index in [-0.39, 0.29) is 5.91 Å². The van der Waals surface area contributed by atoms with E-state index in [1.54, 1.807) is 0 Å². The molecule has 0 bridgehead atoms. The molecule has 1 saturated heterocycles. The van der Waals surface area contributed by atoms with Crippen LogP contribution in [0.4, 0.5) is 0 Å². The highest BCUT2D eigenvalue weighted by molar-refractivity contribution is 5.97. The molecule has 1 N–H and O–H groups in total. The number of pyridine rings is 1. The number of rotatable bonds is 6. The molecule has 0 radical (unpaired) electrons. The fourth-order valence-electron chi connectivity index (χ4n) is 3.95. The number of ether oxygens (including phenoxy) is 1. The zero-order valence-corrected chi connectivity index (χ0v) is 17.1. The van der Waals surface area contributed by atoms with Crippen molar-refractivity contribution in [1.82, 2.24) is 19.6 Å². The van der Waals surface area contributed by atoms with Gasteiger partial charge < -0.3 is 19.4 Å². The van der Waals surface area contributed by atoms with Crippen molar-refractivity contribution in [1.29, 1.82) is 0 Å². The maximum Gasteiger partial charge on any atom is 0.257 e. The molecule has 2 aromatic heterocycles. The van der Waals surface area contributed by atoms with Gasteiger partial charge in [0, 0.05) is 25.5 Å². The highest BCUT2D eigenvalue weighted by atomic mass is 16.5. The number of aryl methyl sites for hydroxylation is 1. The first-order valence-corrected chi connectivity index (χ1v) is 10.2. The third-order valence-electron chi connectivity index (χ3n) is 5.54. The van der Waals surface area contributed by atoms with E-state index in [0.29, 0.717) is 23.8 Å². The SMILES string of the molecule is CNCC1CCN(C(=O)c2ccccc2OCc2cn3cc(C)ccc3n2)CC1. The zero-order valence-electron chi connectivity index (χ0n) is 17.1. The van der Waals surface area contributed by atoms with Crippen LogP contribution in [0.25, 0.3) is 5.65 Å². The minimum absolute atomic E-state index is 0.0501. The van der Waals surface area contributed by atoms with Gasteiger partial charge in [-0.05, 0) is 63.0 Å². The Labute approximate surface area is 171 Å². The number of nitrogens with one attached hydrogen (secondary N) is 1. The molecule has 3 aromatic rings. The third kappa shape index (κ3) is 4.43. The van der Waals surface area contributed by atoms with E-state index >= 15 is 0 Å². The van der Waals surface area contributed by atoms with Crippen LogP contribution in [0, 0.1) is 12.8 Å². The van der Waals surface area contributed by atoms with Gasteiger partial charge in [-0.3, -0.25) is 4.79 Å². The van der Waals surface area contributed by atoms with Crippen molar-refractivity contribution in [2.75, 3.05) is 26.7 Å². The monoisotopic (exact) mass is 392 g/mol. The number of para-hydroxylation sites is 1. The molecule has 1 aliphatic rings. The van der Waals surface area contributed by atoms with Gasteiger partial charge in [0.25, 0.3) is 5.91 Å². The van der Waals surface area contributed by atoms with Gasteiger partial charge in [0.05, 0.1) is 11.3 Å². The molecule has 0 spiro atoms. The van der Waals surface area contributed by atoms with E-state index in [0.717, 1.165) is 43.8 Å². The first kappa shape index (κ1) is 19.5. The Morgan fingerprint density at radius 2 is 1.97 bits per heavy atom. The molecular weight excluding hydrogens is 364 g/mol. The van der Waals surface area contributed by atoms with Crippen molar-refractivity contribution in [3.05, 3.63) is 65.6 Å². The number of hydrogen-bond acceptors (Lipinski definition) is 4. The average Bonchev–Trinajstić information content (AvgIpc) is 3.15. The van der Waals surface area contributed by atoms with Crippen molar-refractivity contribution in [2.45, 2.75) is 26.4 Å². The lowest BCUT2D eigenvalue weighted by molar-refractivity contribution is 0.0686. The molecule has 29 heavy (non-hydrogen) atoms. The quantitative estimate of drug-likeness (QED) is 0.699. The second kappa shape index (κ2) is 8.66. The number of imidazole rings is 1. The van der Waals surface area contributed by atoms with Gasteiger partial charge in [-0.1, -0.05) is 18.2 Å². The summed E-state index contributed by atoms with van der Waals surface area (Å²) in [7, 11) is 1.98. The van der Waals surface area contributed by atoms with E-state index in [4.69, 9.17) is 4.74 Å². The van der Waals surface area contributed by atoms with Crippen LogP contribution in [0.2, 0.25) is 0 Å². The molecule has 0 unspecified atom stereocenters. The standard InChI is InChI=1S/C23H28N4O2/c1-17-7-8-22-25-19(15-27(22)14-17)16-29-21-6-4-3-5-20(21)23(28)26-11-9-18(10-12-26)13-24-2/h3-8,14-15,18,24H,9-13,16H2,1-2H3. The summed E-state index contributed by atoms with van der Waals surface area (Å²) in [6, 6.07) is 11.5. The van der Waals surface area contributed by atoms with E-state index in [1.165, 1.54) is 5.56 Å². The number of benzene rings is 1. The smallest absolute Gasteiger partial charge is 0.257 e. The molecule has 1 amide bonds. The Morgan fingerprint density at radius 3 is 2.76 bits per heavy atom. The summed E-state index contributed by atoms with van der Waals surface area (Å²) in [6.45, 7) is 4.99. The molecule has 6 nitrogen and oxygen atoms in total. The number of aromatic nitrogens is 2. The fraction of sp³-hybridized carbons (Fsp3) is 0.391. The summed E-state index contributed by atoms with van der Waals surface area (Å²) in [5.41, 5.74) is 3.53. The number of fused-ring (bicyclic) bond motifs is 1. The highest BCUT2D eigenvalue weighted by Crippen LogP contribution is 2.24. The zero-order chi connectivity index (χ0) is 20.2. The average molecular weight is 393 g/mol. The molecule has 0 atom stereocenters. The van der Waals surface area contributed by atoms with Gasteiger partial charge >= 0.3 is 0 Å². The molecule has 3 heterocycles. The Kier molecular flexibility index (Phi) is 5.81. The van der Waals surface area contributed by atoms with Gasteiger partial charge in [-0.15, -0.1) is 0 Å². The van der Waals surface area contributed by atoms with Crippen LogP contribution in [-0.4, -0.2) is 46.9 Å². The number of piperidine rings is 1. The number of likely N-dealkylation sites (tertiary alicyclic amines) is 1. The second-order valence-electron chi connectivity index (χ2n) is 7.78. The van der Waals surface area contributed by atoms with E-state index in [9.17, 15) is 4.79 Å². The maximum absolute atomic E-state index is 13.1. The van der Waals surface area contributed by atoms with Crippen LogP contribution >= 0.6 is 0 Å². The first-order valence-electron chi connectivity index (χ1n) is 10.2. The normalized spacial score (nSPS) is 15.0. The minimum atomic E-state index is 0.0501. The van der Waals surface area contributed by atoms with Gasteiger partial charge in [-0.25, -0.2) is 4.98 Å². The van der Waals surface area contributed by atoms with Crippen molar-refractivity contribution < 1.29 is 9.53 Å². The largest absolute Gasteiger partial charge is 0.486 e. The van der Waals surface area contributed by atoms with Crippen molar-refractivity contribution >= 4 is 11.6 Å². The topological polar surface area (TPSA) is 58.9 Å². The Hall–Kier alpha value is -2.86. The molecule has 1 aromatic carbocycles. The predicted molar refractivity (Wildman–Crippen MR) is 113 cm³/mol. The van der Waals surface area contributed by atoms with Crippen LogP contribution in [0.5, 0.6) is 5.75 Å². The summed E-state index contributed by atoms with van der Waals surface area (Å²) in [5, 5.41) is 3.24. The Balaban J connectivity index is 1.44. The molecular formula is C23H28N4O2. The molecule has 0 saturated carbocycles. The predicted octanol–water partition coefficient (Wildman–Crippen LogP) is 3.29. The van der Waals surface area contributed by atoms with Crippen LogP contribution in [0.1, 0.15) is 34.5 Å². The van der Waals surface area contributed by atoms with E-state index in [1.807, 2.05) is 65.1 Å². The van der Waals surface area contributed by atoms with Gasteiger partial charge in [0.2, 0.25) is 0 Å². The van der Waals surface area contributed by atoms with Gasteiger partial charge in [0.1, 0.15) is 18.0 Å². The lowest BCUT2D eigenvalue weighted by Gasteiger charge is -2.32. The molecule has 6 heteroatoms. The van der Waals surface area contributed by atoms with Crippen molar-refractivity contribution in [2.24, 2.45) is 5.92 Å². The molecule has 4 rings (SSSR count). The van der Waals surface area contributed by atoms with Gasteiger partial charge in [0.15, 0.2) is 0 Å². The summed E-state index contributed by atoms with van der Waals surface area (Å²) >= 11 is 0. The van der Waals surface area contributed by atoms with Crippen molar-refractivity contribution in [3.8, 4) is 5.75 Å². The Morgan fingerprint density at radius 1 is 1.17 bits per heavy atom. The molecule has 1 aliphatic heterocycles. The number of hydrogen-bond donors (Lipinski definition) is 1. The van der Waals surface area contributed by atoms with E-state index in [2.05, 4.69) is 17.2 Å². The number of nitrogens with zero attached hydrogens (tertiary/aromatic N) is 3. The summed E-state index contributed by atoms with van der Waals surface area (Å²) in [4.78, 5) is 19.6. The molecule has 1 fully saturated rings. The summed E-state index contributed by atoms with van der Waals surface area (Å²) in [5.74, 6) is 1.31. The van der Waals surface area contributed by atoms with Crippen LogP contribution < -0.4 is 10.1 Å². The van der Waals surface area contributed by atoms with Crippen LogP contribution in [-0.2, 0) is 6.61 Å². The summed E-state index contributed by atoms with van der Waals surface area (Å²) < 4.78 is 8.02. The molecule has 0 aliphatic carbocycles. The minimum Gasteiger partial charge on any atom is -0.486 e. The number of carbonyl (C=O) groups excluding carboxylic acids is 1. The fourth-order valence-corrected chi connectivity index (χ4v) is 3.95. The van der Waals surface area contributed by atoms with Crippen LogP contribution in [0.3, 0.4) is 0 Å². The van der Waals surface area contributed by atoms with Crippen molar-refractivity contribution in [3.63, 3.8) is 0 Å². The maximum atomic E-state index is 13.1. The lowest BCUT2D eigenvalue weighted by Crippen LogP contribution is -2.40. The first-order chi connectivity index (χ1) is 14.1. The Bertz CT molecular complexity index is 989. The van der Waals surface area contributed by atoms with Crippen LogP contribution in [0.15, 0.2) is 48.8 Å². The summed E-state index contributed by atoms with van der Waals surface area (Å²) in [6.07, 6.45) is 6.09. The second-order valence-corrected chi connectivity index (χ2v) is 7.78. The highest BCUT2D eigenvalue weighted by Gasteiger charge is 2.25. The van der Waals surface area contributed by atoms with Gasteiger partial charge in [-0.2, -0.15) is 0 Å². The van der Waals surface area contributed by atoms with E-state index < -0.39 is 0 Å². The number of amides is 1. The molecule has 152 valence electrons. The lowest BCUT2D eigenvalue weighted by atomic mass is 9.96.